The van der Waals surface area contributed by atoms with Gasteiger partial charge in [0.1, 0.15) is 5.75 Å². The van der Waals surface area contributed by atoms with Crippen LogP contribution >= 0.6 is 0 Å². The molecule has 0 spiro atoms. The Labute approximate surface area is 136 Å². The summed E-state index contributed by atoms with van der Waals surface area (Å²) in [4.78, 5) is 12.7. The molecular formula is C19H23NO3. The molecule has 2 N–H and O–H groups in total. The Kier molecular flexibility index (Phi) is 4.26. The molecule has 2 aromatic rings. The quantitative estimate of drug-likeness (QED) is 0.861. The lowest BCUT2D eigenvalue weighted by Gasteiger charge is -2.23. The third kappa shape index (κ3) is 3.32. The molecule has 0 aromatic heterocycles. The number of nitrogens with one attached hydrogen (secondary N) is 1. The molecule has 1 amide bonds. The van der Waals surface area contributed by atoms with E-state index in [1.54, 1.807) is 6.92 Å². The van der Waals surface area contributed by atoms with Gasteiger partial charge in [-0.05, 0) is 49.4 Å². The van der Waals surface area contributed by atoms with Gasteiger partial charge in [0.05, 0.1) is 17.8 Å². The monoisotopic (exact) mass is 313 g/mol. The Hall–Kier alpha value is -2.07. The smallest absolute Gasteiger partial charge is 0.255 e. The highest BCUT2D eigenvalue weighted by Crippen LogP contribution is 2.39. The van der Waals surface area contributed by atoms with Crippen LogP contribution in [0.4, 0.5) is 0 Å². The maximum atomic E-state index is 12.7. The Morgan fingerprint density at radius 3 is 2.74 bits per heavy atom. The summed E-state index contributed by atoms with van der Waals surface area (Å²) < 4.78 is 5.63. The fourth-order valence-electron chi connectivity index (χ4n) is 2.96. The lowest BCUT2D eigenvalue weighted by Crippen LogP contribution is -2.42. The predicted octanol–water partition coefficient (Wildman–Crippen LogP) is 3.13. The molecule has 1 aliphatic carbocycles. The second kappa shape index (κ2) is 6.20. The minimum absolute atomic E-state index is 0.203. The molecule has 1 aliphatic rings. The van der Waals surface area contributed by atoms with E-state index >= 15 is 0 Å². The standard InChI is InChI=1S/C19H23NO3/c1-3-23-16-11-8-13-6-4-5-7-15(13)17(16)18(21)20-12-19(2,22)14-9-10-14/h4-8,11,14,22H,3,9-10,12H2,1-2H3,(H,20,21). The first-order valence-electron chi connectivity index (χ1n) is 8.18. The molecule has 4 heteroatoms. The molecule has 0 radical (unpaired) electrons. The molecular weight excluding hydrogens is 290 g/mol. The van der Waals surface area contributed by atoms with Crippen LogP contribution in [0.2, 0.25) is 0 Å². The lowest BCUT2D eigenvalue weighted by atomic mass is 9.99. The summed E-state index contributed by atoms with van der Waals surface area (Å²) in [7, 11) is 0. The van der Waals surface area contributed by atoms with E-state index in [9.17, 15) is 9.90 Å². The zero-order valence-electron chi connectivity index (χ0n) is 13.6. The number of hydrogen-bond acceptors (Lipinski definition) is 3. The molecule has 1 fully saturated rings. The van der Waals surface area contributed by atoms with E-state index in [2.05, 4.69) is 5.32 Å². The first-order valence-corrected chi connectivity index (χ1v) is 8.18. The maximum Gasteiger partial charge on any atom is 0.255 e. The fraction of sp³-hybridized carbons (Fsp3) is 0.421. The minimum atomic E-state index is -0.841. The molecule has 1 saturated carbocycles. The first kappa shape index (κ1) is 15.8. The van der Waals surface area contributed by atoms with Gasteiger partial charge in [0.2, 0.25) is 0 Å². The summed E-state index contributed by atoms with van der Waals surface area (Å²) in [6.07, 6.45) is 2.06. The molecule has 1 atom stereocenters. The largest absolute Gasteiger partial charge is 0.493 e. The van der Waals surface area contributed by atoms with Gasteiger partial charge in [0.15, 0.2) is 0 Å². The molecule has 4 nitrogen and oxygen atoms in total. The number of carbonyl (C=O) groups excluding carboxylic acids is 1. The van der Waals surface area contributed by atoms with E-state index in [0.717, 1.165) is 23.6 Å². The van der Waals surface area contributed by atoms with Gasteiger partial charge >= 0.3 is 0 Å². The average molecular weight is 313 g/mol. The third-order valence-corrected chi connectivity index (χ3v) is 4.48. The van der Waals surface area contributed by atoms with Crippen LogP contribution in [0.1, 0.15) is 37.0 Å². The zero-order valence-corrected chi connectivity index (χ0v) is 13.6. The molecule has 0 bridgehead atoms. The van der Waals surface area contributed by atoms with Crippen molar-refractivity contribution in [2.75, 3.05) is 13.2 Å². The SMILES string of the molecule is CCOc1ccc2ccccc2c1C(=O)NCC(C)(O)C1CC1. The molecule has 0 saturated heterocycles. The van der Waals surface area contributed by atoms with Gasteiger partial charge < -0.3 is 15.2 Å². The summed E-state index contributed by atoms with van der Waals surface area (Å²) in [6, 6.07) is 11.5. The second-order valence-electron chi connectivity index (χ2n) is 6.41. The number of benzene rings is 2. The summed E-state index contributed by atoms with van der Waals surface area (Å²) in [5.74, 6) is 0.669. The van der Waals surface area contributed by atoms with Crippen molar-refractivity contribution in [3.05, 3.63) is 42.0 Å². The van der Waals surface area contributed by atoms with Crippen LogP contribution in [-0.4, -0.2) is 29.8 Å². The summed E-state index contributed by atoms with van der Waals surface area (Å²) in [6.45, 7) is 4.44. The molecule has 0 aliphatic heterocycles. The highest BCUT2D eigenvalue weighted by atomic mass is 16.5. The normalized spacial score (nSPS) is 16.8. The van der Waals surface area contributed by atoms with Crippen molar-refractivity contribution in [3.8, 4) is 5.75 Å². The molecule has 3 rings (SSSR count). The molecule has 2 aromatic carbocycles. The van der Waals surface area contributed by atoms with Crippen LogP contribution in [0, 0.1) is 5.92 Å². The van der Waals surface area contributed by atoms with E-state index in [4.69, 9.17) is 4.74 Å². The van der Waals surface area contributed by atoms with Crippen LogP contribution in [-0.2, 0) is 0 Å². The highest BCUT2D eigenvalue weighted by Gasteiger charge is 2.40. The fourth-order valence-corrected chi connectivity index (χ4v) is 2.96. The van der Waals surface area contributed by atoms with Crippen LogP contribution in [0.15, 0.2) is 36.4 Å². The van der Waals surface area contributed by atoms with E-state index in [0.29, 0.717) is 23.8 Å². The number of carbonyl (C=O) groups is 1. The molecule has 23 heavy (non-hydrogen) atoms. The second-order valence-corrected chi connectivity index (χ2v) is 6.41. The minimum Gasteiger partial charge on any atom is -0.493 e. The van der Waals surface area contributed by atoms with Gasteiger partial charge in [-0.3, -0.25) is 4.79 Å². The van der Waals surface area contributed by atoms with Crippen molar-refractivity contribution >= 4 is 16.7 Å². The van der Waals surface area contributed by atoms with Crippen molar-refractivity contribution in [3.63, 3.8) is 0 Å². The Bertz CT molecular complexity index is 720. The maximum absolute atomic E-state index is 12.7. The topological polar surface area (TPSA) is 58.6 Å². The zero-order chi connectivity index (χ0) is 16.4. The van der Waals surface area contributed by atoms with E-state index in [-0.39, 0.29) is 12.5 Å². The number of fused-ring (bicyclic) bond motifs is 1. The number of hydrogen-bond donors (Lipinski definition) is 2. The van der Waals surface area contributed by atoms with E-state index < -0.39 is 5.60 Å². The third-order valence-electron chi connectivity index (χ3n) is 4.48. The van der Waals surface area contributed by atoms with Crippen molar-refractivity contribution < 1.29 is 14.6 Å². The first-order chi connectivity index (χ1) is 11.0. The Morgan fingerprint density at radius 2 is 2.04 bits per heavy atom. The van der Waals surface area contributed by atoms with Gasteiger partial charge in [-0.15, -0.1) is 0 Å². The number of aliphatic hydroxyl groups is 1. The number of ether oxygens (including phenoxy) is 1. The van der Waals surface area contributed by atoms with Gasteiger partial charge in [0.25, 0.3) is 5.91 Å². The van der Waals surface area contributed by atoms with Crippen LogP contribution in [0.3, 0.4) is 0 Å². The molecule has 122 valence electrons. The van der Waals surface area contributed by atoms with Crippen LogP contribution in [0.25, 0.3) is 10.8 Å². The van der Waals surface area contributed by atoms with E-state index in [1.165, 1.54) is 0 Å². The summed E-state index contributed by atoms with van der Waals surface area (Å²) in [5, 5.41) is 15.1. The highest BCUT2D eigenvalue weighted by molar-refractivity contribution is 6.09. The summed E-state index contributed by atoms with van der Waals surface area (Å²) >= 11 is 0. The van der Waals surface area contributed by atoms with Crippen LogP contribution in [0.5, 0.6) is 5.75 Å². The van der Waals surface area contributed by atoms with Crippen molar-refractivity contribution in [2.24, 2.45) is 5.92 Å². The van der Waals surface area contributed by atoms with Crippen molar-refractivity contribution in [1.29, 1.82) is 0 Å². The molecule has 0 heterocycles. The van der Waals surface area contributed by atoms with Gasteiger partial charge in [-0.2, -0.15) is 0 Å². The number of rotatable bonds is 6. The van der Waals surface area contributed by atoms with E-state index in [1.807, 2.05) is 43.3 Å². The summed E-state index contributed by atoms with van der Waals surface area (Å²) in [5.41, 5.74) is -0.303. The van der Waals surface area contributed by atoms with Crippen LogP contribution < -0.4 is 10.1 Å². The number of amides is 1. The van der Waals surface area contributed by atoms with Crippen molar-refractivity contribution in [2.45, 2.75) is 32.3 Å². The van der Waals surface area contributed by atoms with Crippen molar-refractivity contribution in [1.82, 2.24) is 5.32 Å². The Balaban J connectivity index is 1.89. The van der Waals surface area contributed by atoms with Gasteiger partial charge in [-0.1, -0.05) is 30.3 Å². The molecule has 1 unspecified atom stereocenters. The average Bonchev–Trinajstić information content (AvgIpc) is 3.38. The van der Waals surface area contributed by atoms with Gasteiger partial charge in [0, 0.05) is 6.54 Å². The predicted molar refractivity (Wildman–Crippen MR) is 90.8 cm³/mol. The lowest BCUT2D eigenvalue weighted by molar-refractivity contribution is 0.0354. The van der Waals surface area contributed by atoms with Gasteiger partial charge in [-0.25, -0.2) is 0 Å². The Morgan fingerprint density at radius 1 is 1.30 bits per heavy atom.